The lowest BCUT2D eigenvalue weighted by atomic mass is 10.1. The van der Waals surface area contributed by atoms with E-state index in [-0.39, 0.29) is 11.7 Å². The molecule has 156 valence electrons. The summed E-state index contributed by atoms with van der Waals surface area (Å²) in [7, 11) is 5.61. The van der Waals surface area contributed by atoms with Crippen molar-refractivity contribution in [2.75, 3.05) is 34.2 Å². The first-order valence-electron chi connectivity index (χ1n) is 9.60. The Hall–Kier alpha value is -2.93. The third-order valence-electron chi connectivity index (χ3n) is 4.41. The molecule has 7 heteroatoms. The van der Waals surface area contributed by atoms with Gasteiger partial charge in [-0.2, -0.15) is 0 Å². The molecule has 2 rings (SSSR count). The summed E-state index contributed by atoms with van der Waals surface area (Å²) in [6.45, 7) is 4.11. The number of benzene rings is 2. The Morgan fingerprint density at radius 2 is 1.72 bits per heavy atom. The van der Waals surface area contributed by atoms with Crippen molar-refractivity contribution in [3.63, 3.8) is 0 Å². The predicted octanol–water partition coefficient (Wildman–Crippen LogP) is 2.29. The fraction of sp³-hybridized carbons (Fsp3) is 0.364. The normalized spacial score (nSPS) is 11.4. The molecule has 0 spiro atoms. The van der Waals surface area contributed by atoms with Crippen LogP contribution in [0.3, 0.4) is 0 Å². The van der Waals surface area contributed by atoms with Crippen molar-refractivity contribution < 1.29 is 9.18 Å². The van der Waals surface area contributed by atoms with Gasteiger partial charge in [-0.15, -0.1) is 0 Å². The molecular weight excluding hydrogens is 369 g/mol. The number of guanidine groups is 1. The van der Waals surface area contributed by atoms with Crippen LogP contribution in [0.25, 0.3) is 0 Å². The van der Waals surface area contributed by atoms with Gasteiger partial charge in [-0.05, 0) is 55.9 Å². The van der Waals surface area contributed by atoms with Crippen molar-refractivity contribution in [1.82, 2.24) is 20.9 Å². The minimum Gasteiger partial charge on any atom is -0.352 e. The van der Waals surface area contributed by atoms with Gasteiger partial charge in [-0.25, -0.2) is 4.39 Å². The molecule has 0 aliphatic carbocycles. The predicted molar refractivity (Wildman–Crippen MR) is 116 cm³/mol. The average Bonchev–Trinajstić information content (AvgIpc) is 2.70. The van der Waals surface area contributed by atoms with Gasteiger partial charge >= 0.3 is 0 Å². The Morgan fingerprint density at radius 3 is 2.34 bits per heavy atom. The number of likely N-dealkylation sites (N-methyl/N-ethyl adjacent to an activating group) is 1. The first-order valence-corrected chi connectivity index (χ1v) is 9.60. The molecule has 0 heterocycles. The van der Waals surface area contributed by atoms with Gasteiger partial charge in [0.2, 0.25) is 0 Å². The minimum atomic E-state index is -0.215. The zero-order chi connectivity index (χ0) is 21.2. The van der Waals surface area contributed by atoms with Crippen LogP contribution in [0.1, 0.15) is 27.0 Å². The SMILES string of the molecule is CN=C(NCc1cccc(C(=O)NCCN(C)C)c1)NCc1ccc(C)c(F)c1. The summed E-state index contributed by atoms with van der Waals surface area (Å²) >= 11 is 0. The second-order valence-electron chi connectivity index (χ2n) is 7.12. The molecule has 0 fully saturated rings. The van der Waals surface area contributed by atoms with Gasteiger partial charge in [-0.3, -0.25) is 9.79 Å². The minimum absolute atomic E-state index is 0.0856. The Balaban J connectivity index is 1.87. The van der Waals surface area contributed by atoms with E-state index in [1.54, 1.807) is 26.1 Å². The number of rotatable bonds is 8. The van der Waals surface area contributed by atoms with E-state index in [0.29, 0.717) is 36.7 Å². The Bertz CT molecular complexity index is 851. The number of carbonyl (C=O) groups is 1. The summed E-state index contributed by atoms with van der Waals surface area (Å²) < 4.78 is 13.7. The van der Waals surface area contributed by atoms with Crippen molar-refractivity contribution in [3.05, 3.63) is 70.5 Å². The highest BCUT2D eigenvalue weighted by Crippen LogP contribution is 2.09. The molecule has 0 aliphatic rings. The van der Waals surface area contributed by atoms with E-state index in [9.17, 15) is 9.18 Å². The van der Waals surface area contributed by atoms with E-state index in [1.165, 1.54) is 6.07 Å². The second kappa shape index (κ2) is 11.2. The van der Waals surface area contributed by atoms with Gasteiger partial charge < -0.3 is 20.9 Å². The number of aliphatic imine (C=N–C) groups is 1. The smallest absolute Gasteiger partial charge is 0.251 e. The monoisotopic (exact) mass is 399 g/mol. The Labute approximate surface area is 172 Å². The summed E-state index contributed by atoms with van der Waals surface area (Å²) in [6, 6.07) is 12.6. The molecule has 0 radical (unpaired) electrons. The number of hydrogen-bond acceptors (Lipinski definition) is 3. The molecule has 0 bridgehead atoms. The molecule has 1 amide bonds. The van der Waals surface area contributed by atoms with Crippen molar-refractivity contribution in [1.29, 1.82) is 0 Å². The maximum atomic E-state index is 13.7. The lowest BCUT2D eigenvalue weighted by Crippen LogP contribution is -2.36. The van der Waals surface area contributed by atoms with Crippen molar-refractivity contribution in [3.8, 4) is 0 Å². The average molecular weight is 400 g/mol. The second-order valence-corrected chi connectivity index (χ2v) is 7.12. The van der Waals surface area contributed by atoms with E-state index < -0.39 is 0 Å². The van der Waals surface area contributed by atoms with Crippen LogP contribution in [-0.2, 0) is 13.1 Å². The lowest BCUT2D eigenvalue weighted by molar-refractivity contribution is 0.0951. The van der Waals surface area contributed by atoms with Crippen LogP contribution in [0.15, 0.2) is 47.5 Å². The van der Waals surface area contributed by atoms with E-state index >= 15 is 0 Å². The standard InChI is InChI=1S/C22H30FN5O/c1-16-8-9-18(13-20(16)23)15-27-22(24-2)26-14-17-6-5-7-19(12-17)21(29)25-10-11-28(3)4/h5-9,12-13H,10-11,14-15H2,1-4H3,(H,25,29)(H2,24,26,27). The van der Waals surface area contributed by atoms with E-state index in [0.717, 1.165) is 17.7 Å². The van der Waals surface area contributed by atoms with Gasteiger partial charge in [0.1, 0.15) is 5.82 Å². The van der Waals surface area contributed by atoms with Crippen molar-refractivity contribution in [2.45, 2.75) is 20.0 Å². The summed E-state index contributed by atoms with van der Waals surface area (Å²) in [5.74, 6) is 0.303. The number of hydrogen-bond donors (Lipinski definition) is 3. The maximum absolute atomic E-state index is 13.7. The topological polar surface area (TPSA) is 68.8 Å². The van der Waals surface area contributed by atoms with Crippen LogP contribution in [0.4, 0.5) is 4.39 Å². The van der Waals surface area contributed by atoms with Crippen LogP contribution in [0.5, 0.6) is 0 Å². The Morgan fingerprint density at radius 1 is 1.03 bits per heavy atom. The van der Waals surface area contributed by atoms with Gasteiger partial charge in [0.15, 0.2) is 5.96 Å². The molecule has 0 saturated heterocycles. The number of nitrogens with zero attached hydrogens (tertiary/aromatic N) is 2. The van der Waals surface area contributed by atoms with Crippen LogP contribution in [0.2, 0.25) is 0 Å². The molecule has 0 saturated carbocycles. The summed E-state index contributed by atoms with van der Waals surface area (Å²) in [5, 5.41) is 9.29. The molecule has 0 unspecified atom stereocenters. The van der Waals surface area contributed by atoms with Crippen LogP contribution in [0, 0.1) is 12.7 Å². The zero-order valence-electron chi connectivity index (χ0n) is 17.6. The maximum Gasteiger partial charge on any atom is 0.251 e. The molecule has 0 aliphatic heterocycles. The molecule has 2 aromatic rings. The number of nitrogens with one attached hydrogen (secondary N) is 3. The fourth-order valence-electron chi connectivity index (χ4n) is 2.66. The van der Waals surface area contributed by atoms with E-state index in [2.05, 4.69) is 20.9 Å². The number of halogens is 1. The number of amides is 1. The summed E-state index contributed by atoms with van der Waals surface area (Å²) in [6.07, 6.45) is 0. The summed E-state index contributed by atoms with van der Waals surface area (Å²) in [4.78, 5) is 18.5. The quantitative estimate of drug-likeness (QED) is 0.471. The van der Waals surface area contributed by atoms with E-state index in [1.807, 2.05) is 43.3 Å². The third-order valence-corrected chi connectivity index (χ3v) is 4.41. The van der Waals surface area contributed by atoms with Crippen LogP contribution < -0.4 is 16.0 Å². The first kappa shape index (κ1) is 22.4. The van der Waals surface area contributed by atoms with Gasteiger partial charge in [0, 0.05) is 38.8 Å². The fourth-order valence-corrected chi connectivity index (χ4v) is 2.66. The van der Waals surface area contributed by atoms with Gasteiger partial charge in [-0.1, -0.05) is 24.3 Å². The van der Waals surface area contributed by atoms with Crippen LogP contribution in [-0.4, -0.2) is 51.0 Å². The first-order chi connectivity index (χ1) is 13.9. The lowest BCUT2D eigenvalue weighted by Gasteiger charge is -2.13. The molecule has 29 heavy (non-hydrogen) atoms. The highest BCUT2D eigenvalue weighted by atomic mass is 19.1. The van der Waals surface area contributed by atoms with Gasteiger partial charge in [0.25, 0.3) is 5.91 Å². The molecule has 6 nitrogen and oxygen atoms in total. The molecule has 3 N–H and O–H groups in total. The summed E-state index contributed by atoms with van der Waals surface area (Å²) in [5.41, 5.74) is 3.06. The zero-order valence-corrected chi connectivity index (χ0v) is 17.6. The Kier molecular flexibility index (Phi) is 8.61. The van der Waals surface area contributed by atoms with Crippen molar-refractivity contribution in [2.24, 2.45) is 4.99 Å². The third kappa shape index (κ3) is 7.54. The highest BCUT2D eigenvalue weighted by molar-refractivity contribution is 5.94. The molecule has 2 aromatic carbocycles. The largest absolute Gasteiger partial charge is 0.352 e. The molecule has 0 aromatic heterocycles. The number of aryl methyl sites for hydroxylation is 1. The van der Waals surface area contributed by atoms with Crippen LogP contribution >= 0.6 is 0 Å². The molecular formula is C22H30FN5O. The number of carbonyl (C=O) groups excluding carboxylic acids is 1. The van der Waals surface area contributed by atoms with E-state index in [4.69, 9.17) is 0 Å². The highest BCUT2D eigenvalue weighted by Gasteiger charge is 2.07. The van der Waals surface area contributed by atoms with Gasteiger partial charge in [0.05, 0.1) is 0 Å². The van der Waals surface area contributed by atoms with Crippen molar-refractivity contribution >= 4 is 11.9 Å². The molecule has 0 atom stereocenters.